The van der Waals surface area contributed by atoms with Gasteiger partial charge in [-0.1, -0.05) is 65.8 Å². The van der Waals surface area contributed by atoms with Gasteiger partial charge < -0.3 is 5.32 Å². The lowest BCUT2D eigenvalue weighted by molar-refractivity contribution is -0.384. The Morgan fingerprint density at radius 1 is 1.00 bits per heavy atom. The van der Waals surface area contributed by atoms with Crippen LogP contribution in [0.5, 0.6) is 0 Å². The summed E-state index contributed by atoms with van der Waals surface area (Å²) in [7, 11) is 0. The van der Waals surface area contributed by atoms with Gasteiger partial charge in [-0.05, 0) is 24.3 Å². The van der Waals surface area contributed by atoms with Crippen molar-refractivity contribution in [1.29, 1.82) is 0 Å². The largest absolute Gasteiger partial charge is 0.325 e. The predicted molar refractivity (Wildman–Crippen MR) is 122 cm³/mol. The number of hydrogen-bond acceptors (Lipinski definition) is 6. The Hall–Kier alpha value is -3.49. The monoisotopic (exact) mass is 450 g/mol. The highest BCUT2D eigenvalue weighted by atomic mass is 35.5. The van der Waals surface area contributed by atoms with E-state index < -0.39 is 4.92 Å². The molecule has 0 radical (unpaired) electrons. The highest BCUT2D eigenvalue weighted by Crippen LogP contribution is 2.31. The summed E-state index contributed by atoms with van der Waals surface area (Å²) in [5.74, 6) is -0.265. The third-order valence-electron chi connectivity index (χ3n) is 4.35. The van der Waals surface area contributed by atoms with Crippen LogP contribution in [0.25, 0.3) is 22.3 Å². The molecule has 4 rings (SSSR count). The van der Waals surface area contributed by atoms with Crippen LogP contribution in [-0.2, 0) is 4.79 Å². The number of aromatic nitrogens is 2. The zero-order chi connectivity index (χ0) is 21.8. The lowest BCUT2D eigenvalue weighted by Gasteiger charge is -2.10. The molecule has 7 nitrogen and oxygen atoms in total. The molecular weight excluding hydrogens is 436 g/mol. The summed E-state index contributed by atoms with van der Waals surface area (Å²) in [4.78, 5) is 32.4. The maximum absolute atomic E-state index is 12.5. The fraction of sp³-hybridized carbons (Fsp3) is 0.0455. The molecule has 0 spiro atoms. The van der Waals surface area contributed by atoms with Gasteiger partial charge in [-0.2, -0.15) is 0 Å². The van der Waals surface area contributed by atoms with Gasteiger partial charge in [0.1, 0.15) is 15.7 Å². The number of carbonyl (C=O) groups is 1. The van der Waals surface area contributed by atoms with Crippen molar-refractivity contribution in [3.8, 4) is 11.3 Å². The van der Waals surface area contributed by atoms with Crippen LogP contribution in [0.2, 0.25) is 5.02 Å². The molecule has 154 valence electrons. The molecule has 0 bridgehead atoms. The molecule has 1 heterocycles. The standard InChI is InChI=1S/C22H15ClN4O3S/c23-16-11-10-15(12-19(16)27(29)30)24-20(28)13-31-22-21(14-6-2-1-3-7-14)25-17-8-4-5-9-18(17)26-22/h1-12H,13H2,(H,24,28). The van der Waals surface area contributed by atoms with Gasteiger partial charge in [0.05, 0.1) is 21.7 Å². The maximum Gasteiger partial charge on any atom is 0.289 e. The first-order valence-electron chi connectivity index (χ1n) is 9.20. The molecule has 31 heavy (non-hydrogen) atoms. The number of nitrogens with one attached hydrogen (secondary N) is 1. The molecule has 1 amide bonds. The molecule has 9 heteroatoms. The van der Waals surface area contributed by atoms with Gasteiger partial charge >= 0.3 is 0 Å². The molecule has 1 aromatic heterocycles. The summed E-state index contributed by atoms with van der Waals surface area (Å²) in [6, 6.07) is 21.3. The van der Waals surface area contributed by atoms with Crippen LogP contribution in [0, 0.1) is 10.1 Å². The fourth-order valence-corrected chi connectivity index (χ4v) is 3.92. The SMILES string of the molecule is O=C(CSc1nc2ccccc2nc1-c1ccccc1)Nc1ccc(Cl)c([N+](=O)[O-])c1. The first-order valence-corrected chi connectivity index (χ1v) is 10.6. The molecule has 0 saturated carbocycles. The van der Waals surface area contributed by atoms with Crippen LogP contribution in [0.3, 0.4) is 0 Å². The van der Waals surface area contributed by atoms with Crippen LogP contribution in [0.4, 0.5) is 11.4 Å². The summed E-state index contributed by atoms with van der Waals surface area (Å²) >= 11 is 7.07. The number of rotatable bonds is 6. The number of carbonyl (C=O) groups excluding carboxylic acids is 1. The van der Waals surface area contributed by atoms with E-state index in [9.17, 15) is 14.9 Å². The number of para-hydroxylation sites is 2. The van der Waals surface area contributed by atoms with Crippen molar-refractivity contribution in [2.75, 3.05) is 11.1 Å². The molecule has 3 aromatic carbocycles. The minimum atomic E-state index is -0.594. The summed E-state index contributed by atoms with van der Waals surface area (Å²) in [6.45, 7) is 0. The van der Waals surface area contributed by atoms with Gasteiger partial charge in [-0.25, -0.2) is 9.97 Å². The Labute approximate surface area is 186 Å². The quantitative estimate of drug-likeness (QED) is 0.233. The van der Waals surface area contributed by atoms with Crippen molar-refractivity contribution in [3.63, 3.8) is 0 Å². The molecule has 0 aliphatic carbocycles. The Balaban J connectivity index is 1.56. The number of nitro groups is 1. The number of nitrogens with zero attached hydrogens (tertiary/aromatic N) is 3. The number of fused-ring (bicyclic) bond motifs is 1. The number of anilines is 1. The van der Waals surface area contributed by atoms with Gasteiger partial charge in [0.15, 0.2) is 0 Å². The Bertz CT molecular complexity index is 1280. The van der Waals surface area contributed by atoms with Crippen LogP contribution < -0.4 is 5.32 Å². The van der Waals surface area contributed by atoms with E-state index in [0.717, 1.165) is 16.6 Å². The van der Waals surface area contributed by atoms with Crippen molar-refractivity contribution in [3.05, 3.63) is 87.9 Å². The Kier molecular flexibility index (Phi) is 6.11. The smallest absolute Gasteiger partial charge is 0.289 e. The van der Waals surface area contributed by atoms with Crippen molar-refractivity contribution in [2.45, 2.75) is 5.03 Å². The lowest BCUT2D eigenvalue weighted by Crippen LogP contribution is -2.14. The lowest BCUT2D eigenvalue weighted by atomic mass is 10.1. The highest BCUT2D eigenvalue weighted by Gasteiger charge is 2.16. The Morgan fingerprint density at radius 2 is 1.68 bits per heavy atom. The number of hydrogen-bond donors (Lipinski definition) is 1. The van der Waals surface area contributed by atoms with E-state index in [2.05, 4.69) is 5.32 Å². The molecule has 0 aliphatic rings. The third-order valence-corrected chi connectivity index (χ3v) is 5.64. The van der Waals surface area contributed by atoms with Gasteiger partial charge in [0.2, 0.25) is 5.91 Å². The second kappa shape index (κ2) is 9.11. The fourth-order valence-electron chi connectivity index (χ4n) is 2.93. The van der Waals surface area contributed by atoms with Crippen LogP contribution >= 0.6 is 23.4 Å². The number of benzene rings is 3. The van der Waals surface area contributed by atoms with Crippen molar-refractivity contribution >= 4 is 51.7 Å². The van der Waals surface area contributed by atoms with Gasteiger partial charge in [-0.3, -0.25) is 14.9 Å². The van der Waals surface area contributed by atoms with E-state index in [4.69, 9.17) is 21.6 Å². The van der Waals surface area contributed by atoms with Gasteiger partial charge in [0, 0.05) is 17.3 Å². The zero-order valence-electron chi connectivity index (χ0n) is 16.0. The summed E-state index contributed by atoms with van der Waals surface area (Å²) in [6.07, 6.45) is 0. The molecule has 4 aromatic rings. The molecule has 0 aliphatic heterocycles. The van der Waals surface area contributed by atoms with E-state index in [0.29, 0.717) is 16.4 Å². The second-order valence-electron chi connectivity index (χ2n) is 6.49. The van der Waals surface area contributed by atoms with Crippen LogP contribution in [-0.4, -0.2) is 26.6 Å². The minimum absolute atomic E-state index is 0.0105. The zero-order valence-corrected chi connectivity index (χ0v) is 17.6. The van der Waals surface area contributed by atoms with E-state index in [1.807, 2.05) is 54.6 Å². The normalized spacial score (nSPS) is 10.7. The van der Waals surface area contributed by atoms with Crippen LogP contribution in [0.1, 0.15) is 0 Å². The molecule has 0 atom stereocenters. The second-order valence-corrected chi connectivity index (χ2v) is 7.86. The third kappa shape index (κ3) is 4.82. The topological polar surface area (TPSA) is 98.0 Å². The molecule has 1 N–H and O–H groups in total. The summed E-state index contributed by atoms with van der Waals surface area (Å²) in [5, 5.41) is 14.3. The molecule has 0 saturated heterocycles. The van der Waals surface area contributed by atoms with Gasteiger partial charge in [-0.15, -0.1) is 0 Å². The number of nitro benzene ring substituents is 1. The number of amides is 1. The molecule has 0 unspecified atom stereocenters. The van der Waals surface area contributed by atoms with Crippen molar-refractivity contribution in [1.82, 2.24) is 9.97 Å². The van der Waals surface area contributed by atoms with Gasteiger partial charge in [0.25, 0.3) is 5.69 Å². The highest BCUT2D eigenvalue weighted by molar-refractivity contribution is 8.00. The molecular formula is C22H15ClN4O3S. The van der Waals surface area contributed by atoms with Crippen LogP contribution in [0.15, 0.2) is 77.8 Å². The number of halogens is 1. The number of thioether (sulfide) groups is 1. The summed E-state index contributed by atoms with van der Waals surface area (Å²) in [5.41, 5.74) is 3.13. The summed E-state index contributed by atoms with van der Waals surface area (Å²) < 4.78 is 0. The van der Waals surface area contributed by atoms with Crippen molar-refractivity contribution < 1.29 is 9.72 Å². The molecule has 0 fully saturated rings. The average Bonchev–Trinajstić information content (AvgIpc) is 2.78. The van der Waals surface area contributed by atoms with Crippen molar-refractivity contribution in [2.24, 2.45) is 0 Å². The maximum atomic E-state index is 12.5. The van der Waals surface area contributed by atoms with E-state index in [-0.39, 0.29) is 22.4 Å². The van der Waals surface area contributed by atoms with E-state index in [1.54, 1.807) is 0 Å². The first-order chi connectivity index (χ1) is 15.0. The Morgan fingerprint density at radius 3 is 2.39 bits per heavy atom. The first kappa shape index (κ1) is 20.8. The van der Waals surface area contributed by atoms with E-state index >= 15 is 0 Å². The average molecular weight is 451 g/mol. The van der Waals surface area contributed by atoms with E-state index in [1.165, 1.54) is 30.0 Å². The minimum Gasteiger partial charge on any atom is -0.325 e. The predicted octanol–water partition coefficient (Wildman–Crippen LogP) is 5.59.